The lowest BCUT2D eigenvalue weighted by atomic mass is 9.81. The number of benzene rings is 1. The van der Waals surface area contributed by atoms with Crippen molar-refractivity contribution >= 4 is 18.2 Å². The number of carbonyl (C=O) groups excluding carboxylic acids is 1. The summed E-state index contributed by atoms with van der Waals surface area (Å²) in [6.07, 6.45) is 0. The van der Waals surface area contributed by atoms with Crippen LogP contribution in [0.5, 0.6) is 5.75 Å². The highest BCUT2D eigenvalue weighted by Gasteiger charge is 2.37. The molecule has 0 saturated heterocycles. The first-order valence-corrected chi connectivity index (χ1v) is 5.05. The van der Waals surface area contributed by atoms with E-state index >= 15 is 0 Å². The van der Waals surface area contributed by atoms with Crippen LogP contribution in [0.1, 0.15) is 24.2 Å². The Labute approximate surface area is 101 Å². The molecule has 0 spiro atoms. The summed E-state index contributed by atoms with van der Waals surface area (Å²) in [5, 5.41) is 0. The van der Waals surface area contributed by atoms with E-state index in [2.05, 4.69) is 0 Å². The lowest BCUT2D eigenvalue weighted by molar-refractivity contribution is 0.0745. The average Bonchev–Trinajstić information content (AvgIpc) is 2.16. The second-order valence-electron chi connectivity index (χ2n) is 4.55. The number of fused-ring (bicyclic) bond motifs is 1. The van der Waals surface area contributed by atoms with Gasteiger partial charge in [-0.15, -0.1) is 12.4 Å². The van der Waals surface area contributed by atoms with Crippen LogP contribution in [0.3, 0.4) is 0 Å². The third-order valence-corrected chi connectivity index (χ3v) is 2.77. The molecule has 0 amide bonds. The quantitative estimate of drug-likeness (QED) is 0.819. The number of ether oxygens (including phenoxy) is 1. The maximum Gasteiger partial charge on any atom is 0.174 e. The molecule has 1 aliphatic rings. The van der Waals surface area contributed by atoms with Crippen molar-refractivity contribution in [3.63, 3.8) is 0 Å². The summed E-state index contributed by atoms with van der Waals surface area (Å²) in [5.74, 6) is 0.500. The molecule has 0 radical (unpaired) electrons. The molecule has 1 heterocycles. The molecule has 0 aromatic heterocycles. The number of para-hydroxylation sites is 1. The topological polar surface area (TPSA) is 52.3 Å². The predicted molar refractivity (Wildman–Crippen MR) is 65.3 cm³/mol. The zero-order valence-electron chi connectivity index (χ0n) is 9.40. The molecule has 88 valence electrons. The van der Waals surface area contributed by atoms with E-state index in [1.54, 1.807) is 6.07 Å². The van der Waals surface area contributed by atoms with Gasteiger partial charge in [-0.25, -0.2) is 0 Å². The van der Waals surface area contributed by atoms with E-state index in [4.69, 9.17) is 10.5 Å². The predicted octanol–water partition coefficient (Wildman–Crippen LogP) is 2.04. The monoisotopic (exact) mass is 241 g/mol. The molecule has 4 heteroatoms. The van der Waals surface area contributed by atoms with E-state index in [9.17, 15) is 4.79 Å². The van der Waals surface area contributed by atoms with Crippen molar-refractivity contribution in [2.45, 2.75) is 19.4 Å². The van der Waals surface area contributed by atoms with Gasteiger partial charge in [0.1, 0.15) is 12.4 Å². The summed E-state index contributed by atoms with van der Waals surface area (Å²) in [6.45, 7) is 4.08. The van der Waals surface area contributed by atoms with Gasteiger partial charge in [-0.2, -0.15) is 0 Å². The Morgan fingerprint density at radius 1 is 1.38 bits per heavy atom. The maximum atomic E-state index is 12.1. The molecule has 2 N–H and O–H groups in total. The third-order valence-electron chi connectivity index (χ3n) is 2.77. The number of carbonyl (C=O) groups is 1. The van der Waals surface area contributed by atoms with E-state index in [0.717, 1.165) is 0 Å². The standard InChI is InChI=1S/C12H15NO2.ClH/c1-12(2,13)9-7-15-10-6-4-3-5-8(10)11(9)14;/h3-6,9H,7,13H2,1-2H3;1H. The first-order chi connectivity index (χ1) is 7.00. The number of rotatable bonds is 1. The Hall–Kier alpha value is -1.06. The van der Waals surface area contributed by atoms with Gasteiger partial charge in [0.05, 0.1) is 11.5 Å². The van der Waals surface area contributed by atoms with E-state index in [-0.39, 0.29) is 24.1 Å². The Bertz CT molecular complexity index is 398. The van der Waals surface area contributed by atoms with Crippen LogP contribution in [0.2, 0.25) is 0 Å². The molecule has 0 saturated carbocycles. The Morgan fingerprint density at radius 3 is 2.62 bits per heavy atom. The number of hydrogen-bond donors (Lipinski definition) is 1. The first-order valence-electron chi connectivity index (χ1n) is 5.05. The van der Waals surface area contributed by atoms with Crippen molar-refractivity contribution in [3.8, 4) is 5.75 Å². The largest absolute Gasteiger partial charge is 0.492 e. The molecular formula is C12H16ClNO2. The Kier molecular flexibility index (Phi) is 3.61. The summed E-state index contributed by atoms with van der Waals surface area (Å²) < 4.78 is 5.53. The van der Waals surface area contributed by atoms with Crippen molar-refractivity contribution in [2.75, 3.05) is 6.61 Å². The number of halogens is 1. The van der Waals surface area contributed by atoms with Crippen LogP contribution in [0, 0.1) is 5.92 Å². The normalized spacial score (nSPS) is 19.4. The molecule has 1 unspecified atom stereocenters. The highest BCUT2D eigenvalue weighted by atomic mass is 35.5. The fraction of sp³-hybridized carbons (Fsp3) is 0.417. The van der Waals surface area contributed by atoms with Crippen molar-refractivity contribution in [1.82, 2.24) is 0 Å². The SMILES string of the molecule is CC(C)(N)C1COc2ccccc2C1=O.Cl. The van der Waals surface area contributed by atoms with Crippen LogP contribution in [-0.2, 0) is 0 Å². The second-order valence-corrected chi connectivity index (χ2v) is 4.55. The smallest absolute Gasteiger partial charge is 0.174 e. The lowest BCUT2D eigenvalue weighted by Gasteiger charge is -2.33. The molecule has 1 aliphatic heterocycles. The highest BCUT2D eigenvalue weighted by molar-refractivity contribution is 6.02. The van der Waals surface area contributed by atoms with Crippen LogP contribution in [0.25, 0.3) is 0 Å². The Balaban J connectivity index is 0.00000128. The van der Waals surface area contributed by atoms with Gasteiger partial charge in [0.2, 0.25) is 0 Å². The molecule has 2 rings (SSSR count). The van der Waals surface area contributed by atoms with Crippen molar-refractivity contribution in [3.05, 3.63) is 29.8 Å². The first kappa shape index (κ1) is 13.0. The molecule has 1 aromatic rings. The van der Waals surface area contributed by atoms with Gasteiger partial charge in [0.15, 0.2) is 5.78 Å². The van der Waals surface area contributed by atoms with E-state index < -0.39 is 5.54 Å². The molecule has 0 fully saturated rings. The molecule has 1 aromatic carbocycles. The van der Waals surface area contributed by atoms with Gasteiger partial charge in [0, 0.05) is 5.54 Å². The lowest BCUT2D eigenvalue weighted by Crippen LogP contribution is -2.49. The number of Topliss-reactive ketones (excluding diaryl/α,β-unsaturated/α-hetero) is 1. The average molecular weight is 242 g/mol. The van der Waals surface area contributed by atoms with E-state index in [0.29, 0.717) is 17.9 Å². The minimum Gasteiger partial charge on any atom is -0.492 e. The van der Waals surface area contributed by atoms with Crippen LogP contribution < -0.4 is 10.5 Å². The maximum absolute atomic E-state index is 12.1. The summed E-state index contributed by atoms with van der Waals surface area (Å²) >= 11 is 0. The minimum atomic E-state index is -0.537. The van der Waals surface area contributed by atoms with Crippen LogP contribution in [0.4, 0.5) is 0 Å². The Morgan fingerprint density at radius 2 is 2.00 bits per heavy atom. The molecule has 16 heavy (non-hydrogen) atoms. The van der Waals surface area contributed by atoms with Gasteiger partial charge >= 0.3 is 0 Å². The fourth-order valence-corrected chi connectivity index (χ4v) is 1.79. The number of nitrogens with two attached hydrogens (primary N) is 1. The van der Waals surface area contributed by atoms with Gasteiger partial charge in [-0.3, -0.25) is 4.79 Å². The molecule has 3 nitrogen and oxygen atoms in total. The second kappa shape index (κ2) is 4.44. The summed E-state index contributed by atoms with van der Waals surface area (Å²) in [7, 11) is 0. The van der Waals surface area contributed by atoms with E-state index in [1.807, 2.05) is 32.0 Å². The third kappa shape index (κ3) is 2.20. The van der Waals surface area contributed by atoms with Crippen LogP contribution in [0.15, 0.2) is 24.3 Å². The van der Waals surface area contributed by atoms with Gasteiger partial charge in [0.25, 0.3) is 0 Å². The molecule has 1 atom stereocenters. The van der Waals surface area contributed by atoms with Gasteiger partial charge in [-0.05, 0) is 26.0 Å². The fourth-order valence-electron chi connectivity index (χ4n) is 1.79. The summed E-state index contributed by atoms with van der Waals surface area (Å²) in [6, 6.07) is 7.30. The zero-order chi connectivity index (χ0) is 11.1. The molecule has 0 aliphatic carbocycles. The number of ketones is 1. The molecular weight excluding hydrogens is 226 g/mol. The van der Waals surface area contributed by atoms with Crippen LogP contribution in [-0.4, -0.2) is 17.9 Å². The highest BCUT2D eigenvalue weighted by Crippen LogP contribution is 2.30. The van der Waals surface area contributed by atoms with Gasteiger partial charge < -0.3 is 10.5 Å². The van der Waals surface area contributed by atoms with Crippen molar-refractivity contribution in [2.24, 2.45) is 11.7 Å². The number of hydrogen-bond acceptors (Lipinski definition) is 3. The summed E-state index contributed by atoms with van der Waals surface area (Å²) in [4.78, 5) is 12.1. The summed E-state index contributed by atoms with van der Waals surface area (Å²) in [5.41, 5.74) is 6.07. The van der Waals surface area contributed by atoms with Crippen molar-refractivity contribution < 1.29 is 9.53 Å². The van der Waals surface area contributed by atoms with Crippen molar-refractivity contribution in [1.29, 1.82) is 0 Å². The zero-order valence-corrected chi connectivity index (χ0v) is 10.2. The van der Waals surface area contributed by atoms with E-state index in [1.165, 1.54) is 0 Å². The van der Waals surface area contributed by atoms with Gasteiger partial charge in [-0.1, -0.05) is 12.1 Å². The minimum absolute atomic E-state index is 0. The molecule has 0 bridgehead atoms. The van der Waals surface area contributed by atoms with Crippen LogP contribution >= 0.6 is 12.4 Å².